The van der Waals surface area contributed by atoms with Crippen LogP contribution in [0.4, 0.5) is 13.2 Å². The first-order valence-corrected chi connectivity index (χ1v) is 6.74. The second-order valence-electron chi connectivity index (χ2n) is 5.22. The van der Waals surface area contributed by atoms with Crippen molar-refractivity contribution in [2.45, 2.75) is 31.3 Å². The molecule has 1 aromatic carbocycles. The molecule has 1 amide bonds. The van der Waals surface area contributed by atoms with Crippen molar-refractivity contribution in [3.63, 3.8) is 0 Å². The number of carbonyl (C=O) groups is 1. The third kappa shape index (κ3) is 4.35. The maximum Gasteiger partial charge on any atom is 0.573 e. The molecule has 0 saturated heterocycles. The molecule has 0 radical (unpaired) electrons. The van der Waals surface area contributed by atoms with E-state index in [-0.39, 0.29) is 24.1 Å². The highest BCUT2D eigenvalue weighted by atomic mass is 19.4. The van der Waals surface area contributed by atoms with E-state index in [4.69, 9.17) is 5.11 Å². The predicted molar refractivity (Wildman–Crippen MR) is 70.2 cm³/mol. The van der Waals surface area contributed by atoms with Crippen molar-refractivity contribution in [2.24, 2.45) is 5.92 Å². The molecule has 1 aromatic rings. The van der Waals surface area contributed by atoms with Gasteiger partial charge in [-0.2, -0.15) is 0 Å². The van der Waals surface area contributed by atoms with Crippen molar-refractivity contribution in [3.05, 3.63) is 29.8 Å². The number of alkyl halides is 3. The number of hydrogen-bond donors (Lipinski definition) is 3. The molecule has 0 heterocycles. The van der Waals surface area contributed by atoms with E-state index in [1.165, 1.54) is 12.1 Å². The van der Waals surface area contributed by atoms with Crippen LogP contribution in [0, 0.1) is 5.92 Å². The van der Waals surface area contributed by atoms with Gasteiger partial charge in [0.2, 0.25) is 0 Å². The van der Waals surface area contributed by atoms with E-state index in [0.29, 0.717) is 12.8 Å². The molecule has 0 aromatic heterocycles. The van der Waals surface area contributed by atoms with E-state index in [1.807, 2.05) is 0 Å². The van der Waals surface area contributed by atoms with Crippen molar-refractivity contribution in [2.75, 3.05) is 6.61 Å². The van der Waals surface area contributed by atoms with Gasteiger partial charge in [0.15, 0.2) is 0 Å². The fourth-order valence-electron chi connectivity index (χ4n) is 2.49. The van der Waals surface area contributed by atoms with Crippen molar-refractivity contribution < 1.29 is 32.9 Å². The Morgan fingerprint density at radius 3 is 2.41 bits per heavy atom. The highest BCUT2D eigenvalue weighted by Crippen LogP contribution is 2.26. The quantitative estimate of drug-likeness (QED) is 0.785. The summed E-state index contributed by atoms with van der Waals surface area (Å²) in [5.74, 6) is -1.12. The summed E-state index contributed by atoms with van der Waals surface area (Å²) >= 11 is 0. The third-order valence-corrected chi connectivity index (χ3v) is 3.58. The molecule has 0 unspecified atom stereocenters. The Balaban J connectivity index is 1.93. The maximum atomic E-state index is 12.0. The van der Waals surface area contributed by atoms with Crippen molar-refractivity contribution in [3.8, 4) is 5.75 Å². The Labute approximate surface area is 124 Å². The average molecular weight is 319 g/mol. The molecule has 3 N–H and O–H groups in total. The number of benzene rings is 1. The van der Waals surface area contributed by atoms with Gasteiger partial charge < -0.3 is 20.3 Å². The number of carbonyl (C=O) groups excluding carboxylic acids is 1. The summed E-state index contributed by atoms with van der Waals surface area (Å²) in [4.78, 5) is 12.0. The molecule has 0 aliphatic heterocycles. The van der Waals surface area contributed by atoms with Gasteiger partial charge in [0.25, 0.3) is 5.91 Å². The van der Waals surface area contributed by atoms with Crippen LogP contribution in [0.3, 0.4) is 0 Å². The van der Waals surface area contributed by atoms with Gasteiger partial charge in [0.1, 0.15) is 5.75 Å². The molecule has 122 valence electrons. The average Bonchev–Trinajstić information content (AvgIpc) is 2.77. The lowest BCUT2D eigenvalue weighted by Crippen LogP contribution is -2.33. The molecular formula is C14H16F3NO4. The largest absolute Gasteiger partial charge is 0.573 e. The first kappa shape index (κ1) is 16.6. The van der Waals surface area contributed by atoms with E-state index in [1.54, 1.807) is 0 Å². The van der Waals surface area contributed by atoms with Gasteiger partial charge in [-0.15, -0.1) is 13.2 Å². The van der Waals surface area contributed by atoms with Gasteiger partial charge in [0, 0.05) is 24.1 Å². The van der Waals surface area contributed by atoms with E-state index < -0.39 is 24.1 Å². The zero-order valence-corrected chi connectivity index (χ0v) is 11.5. The Kier molecular flexibility index (Phi) is 4.92. The number of halogens is 3. The third-order valence-electron chi connectivity index (χ3n) is 3.58. The number of amides is 1. The minimum absolute atomic E-state index is 0.156. The number of nitrogens with one attached hydrogen (secondary N) is 1. The van der Waals surface area contributed by atoms with Crippen molar-refractivity contribution >= 4 is 5.91 Å². The zero-order valence-electron chi connectivity index (χ0n) is 11.5. The van der Waals surface area contributed by atoms with E-state index in [0.717, 1.165) is 12.1 Å². The normalized spacial score (nSPS) is 25.0. The van der Waals surface area contributed by atoms with E-state index >= 15 is 0 Å². The minimum atomic E-state index is -4.77. The fraction of sp³-hybridized carbons (Fsp3) is 0.500. The molecule has 0 spiro atoms. The lowest BCUT2D eigenvalue weighted by molar-refractivity contribution is -0.274. The molecule has 3 atom stereocenters. The van der Waals surface area contributed by atoms with E-state index in [9.17, 15) is 23.1 Å². The summed E-state index contributed by atoms with van der Waals surface area (Å²) in [5, 5.41) is 21.4. The van der Waals surface area contributed by atoms with Gasteiger partial charge >= 0.3 is 6.36 Å². The van der Waals surface area contributed by atoms with Gasteiger partial charge in [-0.3, -0.25) is 4.79 Å². The predicted octanol–water partition coefficient (Wildman–Crippen LogP) is 1.45. The summed E-state index contributed by atoms with van der Waals surface area (Å²) < 4.78 is 39.8. The smallest absolute Gasteiger partial charge is 0.406 e. The number of rotatable bonds is 4. The van der Waals surface area contributed by atoms with Crippen LogP contribution < -0.4 is 10.1 Å². The van der Waals surface area contributed by atoms with E-state index in [2.05, 4.69) is 10.1 Å². The maximum absolute atomic E-state index is 12.0. The van der Waals surface area contributed by atoms with Crippen molar-refractivity contribution in [1.82, 2.24) is 5.32 Å². The molecule has 1 fully saturated rings. The highest BCUT2D eigenvalue weighted by molar-refractivity contribution is 5.94. The van der Waals surface area contributed by atoms with Gasteiger partial charge in [-0.05, 0) is 37.1 Å². The molecule has 1 aliphatic carbocycles. The Morgan fingerprint density at radius 2 is 1.91 bits per heavy atom. The van der Waals surface area contributed by atoms with Crippen LogP contribution in [0.2, 0.25) is 0 Å². The number of ether oxygens (including phenoxy) is 1. The molecule has 22 heavy (non-hydrogen) atoms. The molecule has 5 nitrogen and oxygen atoms in total. The summed E-state index contributed by atoms with van der Waals surface area (Å²) in [6, 6.07) is 4.30. The summed E-state index contributed by atoms with van der Waals surface area (Å²) in [5.41, 5.74) is 0.191. The Bertz CT molecular complexity index is 518. The van der Waals surface area contributed by atoms with Crippen LogP contribution in [0.15, 0.2) is 24.3 Å². The Morgan fingerprint density at radius 1 is 1.27 bits per heavy atom. The summed E-state index contributed by atoms with van der Waals surface area (Å²) in [7, 11) is 0. The molecule has 1 aliphatic rings. The highest BCUT2D eigenvalue weighted by Gasteiger charge is 2.33. The van der Waals surface area contributed by atoms with Crippen molar-refractivity contribution in [1.29, 1.82) is 0 Å². The SMILES string of the molecule is O=C(N[C@@H]1C[C@H](CO)[C@H](O)C1)c1ccc(OC(F)(F)F)cc1. The first-order valence-electron chi connectivity index (χ1n) is 6.74. The molecular weight excluding hydrogens is 303 g/mol. The molecule has 8 heteroatoms. The van der Waals surface area contributed by atoms with Gasteiger partial charge in [-0.1, -0.05) is 0 Å². The standard InChI is InChI=1S/C14H16F3NO4/c15-14(16,17)22-11-3-1-8(2-4-11)13(21)18-10-5-9(7-19)12(20)6-10/h1-4,9-10,12,19-20H,5-7H2,(H,18,21)/t9-,10-,12-/m1/s1. The lowest BCUT2D eigenvalue weighted by Gasteiger charge is -2.13. The number of hydrogen-bond acceptors (Lipinski definition) is 4. The van der Waals surface area contributed by atoms with Crippen LogP contribution in [0.25, 0.3) is 0 Å². The molecule has 1 saturated carbocycles. The number of aliphatic hydroxyl groups is 2. The second-order valence-corrected chi connectivity index (χ2v) is 5.22. The van der Waals surface area contributed by atoms with Crippen LogP contribution >= 0.6 is 0 Å². The topological polar surface area (TPSA) is 78.8 Å². The summed E-state index contributed by atoms with van der Waals surface area (Å²) in [6.45, 7) is -0.156. The first-order chi connectivity index (χ1) is 10.3. The second kappa shape index (κ2) is 6.53. The fourth-order valence-corrected chi connectivity index (χ4v) is 2.49. The van der Waals surface area contributed by atoms with Gasteiger partial charge in [-0.25, -0.2) is 0 Å². The molecule has 0 bridgehead atoms. The summed E-state index contributed by atoms with van der Waals surface area (Å²) in [6.07, 6.45) is -4.65. The van der Waals surface area contributed by atoms with Crippen LogP contribution in [-0.4, -0.2) is 41.2 Å². The van der Waals surface area contributed by atoms with Gasteiger partial charge in [0.05, 0.1) is 6.10 Å². The monoisotopic (exact) mass is 319 g/mol. The van der Waals surface area contributed by atoms with Crippen LogP contribution in [0.5, 0.6) is 5.75 Å². The zero-order chi connectivity index (χ0) is 16.3. The van der Waals surface area contributed by atoms with Crippen LogP contribution in [-0.2, 0) is 0 Å². The molecule has 2 rings (SSSR count). The Hall–Kier alpha value is -1.80. The lowest BCUT2D eigenvalue weighted by atomic mass is 10.1. The van der Waals surface area contributed by atoms with Crippen LogP contribution in [0.1, 0.15) is 23.2 Å². The number of aliphatic hydroxyl groups excluding tert-OH is 2. The minimum Gasteiger partial charge on any atom is -0.406 e.